The summed E-state index contributed by atoms with van der Waals surface area (Å²) in [5.74, 6) is -0.119. The van der Waals surface area contributed by atoms with E-state index in [4.69, 9.17) is 0 Å². The molecule has 7 heteroatoms. The summed E-state index contributed by atoms with van der Waals surface area (Å²) < 4.78 is 40.3. The van der Waals surface area contributed by atoms with E-state index in [-0.39, 0.29) is 29.6 Å². The van der Waals surface area contributed by atoms with Gasteiger partial charge in [0.25, 0.3) is 0 Å². The highest BCUT2D eigenvalue weighted by Gasteiger charge is 2.47. The Morgan fingerprint density at radius 1 is 1.10 bits per heavy atom. The van der Waals surface area contributed by atoms with Crippen molar-refractivity contribution in [3.63, 3.8) is 0 Å². The van der Waals surface area contributed by atoms with Crippen molar-refractivity contribution >= 4 is 15.9 Å². The number of carbonyl (C=O) groups excluding carboxylic acids is 1. The van der Waals surface area contributed by atoms with Crippen LogP contribution < -0.4 is 4.72 Å². The molecule has 166 valence electrons. The number of benzene rings is 2. The van der Waals surface area contributed by atoms with Crippen LogP contribution in [0.3, 0.4) is 0 Å². The fourth-order valence-corrected chi connectivity index (χ4v) is 5.66. The molecule has 1 saturated heterocycles. The lowest BCUT2D eigenvalue weighted by Crippen LogP contribution is -2.36. The van der Waals surface area contributed by atoms with Gasteiger partial charge in [-0.2, -0.15) is 0 Å². The second kappa shape index (κ2) is 8.71. The third kappa shape index (κ3) is 4.99. The number of aryl methyl sites for hydroxylation is 1. The van der Waals surface area contributed by atoms with Crippen LogP contribution in [0.25, 0.3) is 11.1 Å². The van der Waals surface area contributed by atoms with Gasteiger partial charge in [0, 0.05) is 30.6 Å². The summed E-state index contributed by atoms with van der Waals surface area (Å²) in [5, 5.41) is 0. The van der Waals surface area contributed by atoms with Crippen LogP contribution in [0.1, 0.15) is 42.7 Å². The van der Waals surface area contributed by atoms with Gasteiger partial charge in [0.2, 0.25) is 15.9 Å². The molecule has 1 aliphatic heterocycles. The molecular weight excluding hydrogens is 415 g/mol. The molecule has 3 atom stereocenters. The van der Waals surface area contributed by atoms with Gasteiger partial charge in [-0.25, -0.2) is 17.5 Å². The van der Waals surface area contributed by atoms with E-state index in [0.29, 0.717) is 25.1 Å². The molecule has 1 saturated carbocycles. The van der Waals surface area contributed by atoms with Crippen LogP contribution in [0.4, 0.5) is 4.39 Å². The van der Waals surface area contributed by atoms with Crippen LogP contribution in [0.15, 0.2) is 42.5 Å². The maximum atomic E-state index is 14.5. The second-order valence-electron chi connectivity index (χ2n) is 8.81. The van der Waals surface area contributed by atoms with Crippen molar-refractivity contribution in [3.05, 3.63) is 59.4 Å². The number of nitrogens with zero attached hydrogens (tertiary/aromatic N) is 1. The molecule has 0 bridgehead atoms. The molecule has 0 aromatic heterocycles. The van der Waals surface area contributed by atoms with E-state index in [1.165, 1.54) is 12.3 Å². The van der Waals surface area contributed by atoms with Gasteiger partial charge in [0.1, 0.15) is 5.82 Å². The lowest BCUT2D eigenvalue weighted by molar-refractivity contribution is -0.132. The SMILES string of the molecule is Cc1cccc([C@@H]2C[C@H]2C(=O)N2CCC[C@@H](NS(C)(=O)=O)CC2)c1-c1ccccc1F. The lowest BCUT2D eigenvalue weighted by Gasteiger charge is -2.21. The van der Waals surface area contributed by atoms with E-state index >= 15 is 0 Å². The first-order chi connectivity index (χ1) is 14.7. The molecule has 2 aromatic carbocycles. The number of hydrogen-bond acceptors (Lipinski definition) is 3. The van der Waals surface area contributed by atoms with Gasteiger partial charge in [-0.1, -0.05) is 36.4 Å². The molecule has 2 aromatic rings. The maximum absolute atomic E-state index is 14.5. The third-order valence-electron chi connectivity index (χ3n) is 6.38. The Balaban J connectivity index is 1.49. The summed E-state index contributed by atoms with van der Waals surface area (Å²) in [6, 6.07) is 12.6. The van der Waals surface area contributed by atoms with Crippen molar-refractivity contribution in [2.45, 2.75) is 44.6 Å². The number of halogens is 1. The highest BCUT2D eigenvalue weighted by molar-refractivity contribution is 7.88. The summed E-state index contributed by atoms with van der Waals surface area (Å²) in [5.41, 5.74) is 3.52. The summed E-state index contributed by atoms with van der Waals surface area (Å²) in [6.45, 7) is 3.19. The van der Waals surface area contributed by atoms with Crippen molar-refractivity contribution in [2.24, 2.45) is 5.92 Å². The molecule has 1 N–H and O–H groups in total. The highest BCUT2D eigenvalue weighted by atomic mass is 32.2. The van der Waals surface area contributed by atoms with Crippen LogP contribution in [0.5, 0.6) is 0 Å². The van der Waals surface area contributed by atoms with Crippen LogP contribution in [-0.2, 0) is 14.8 Å². The minimum Gasteiger partial charge on any atom is -0.342 e. The Kier molecular flexibility index (Phi) is 6.17. The molecular formula is C24H29FN2O3S. The molecule has 0 spiro atoms. The lowest BCUT2D eigenvalue weighted by atomic mass is 9.91. The standard InChI is InChI=1S/C24H29FN2O3S/c1-16-7-5-10-18(23(16)19-9-3-4-11-22(19)25)20-15-21(20)24(28)27-13-6-8-17(12-14-27)26-31(2,29)30/h3-5,7,9-11,17,20-21,26H,6,8,12-15H2,1-2H3/t17-,20+,21-/m1/s1. The van der Waals surface area contributed by atoms with E-state index in [0.717, 1.165) is 36.0 Å². The van der Waals surface area contributed by atoms with Crippen LogP contribution in [0.2, 0.25) is 0 Å². The van der Waals surface area contributed by atoms with E-state index in [1.807, 2.05) is 36.1 Å². The average molecular weight is 445 g/mol. The fourth-order valence-electron chi connectivity index (χ4n) is 4.81. The van der Waals surface area contributed by atoms with Gasteiger partial charge in [-0.15, -0.1) is 0 Å². The summed E-state index contributed by atoms with van der Waals surface area (Å²) in [4.78, 5) is 15.1. The van der Waals surface area contributed by atoms with Crippen LogP contribution in [0, 0.1) is 18.7 Å². The Labute approximate surface area is 183 Å². The molecule has 31 heavy (non-hydrogen) atoms. The van der Waals surface area contributed by atoms with Gasteiger partial charge in [0.15, 0.2) is 0 Å². The monoisotopic (exact) mass is 444 g/mol. The van der Waals surface area contributed by atoms with Gasteiger partial charge >= 0.3 is 0 Å². The summed E-state index contributed by atoms with van der Waals surface area (Å²) in [6.07, 6.45) is 4.08. The maximum Gasteiger partial charge on any atom is 0.226 e. The van der Waals surface area contributed by atoms with Crippen LogP contribution >= 0.6 is 0 Å². The molecule has 0 unspecified atom stereocenters. The van der Waals surface area contributed by atoms with Crippen molar-refractivity contribution < 1.29 is 17.6 Å². The molecule has 4 rings (SSSR count). The first kappa shape index (κ1) is 22.0. The summed E-state index contributed by atoms with van der Waals surface area (Å²) in [7, 11) is -3.25. The number of rotatable bonds is 5. The molecule has 5 nitrogen and oxygen atoms in total. The summed E-state index contributed by atoms with van der Waals surface area (Å²) >= 11 is 0. The zero-order chi connectivity index (χ0) is 22.2. The minimum atomic E-state index is -3.25. The normalized spacial score (nSPS) is 24.0. The molecule has 2 aliphatic rings. The number of sulfonamides is 1. The van der Waals surface area contributed by atoms with Gasteiger partial charge in [-0.3, -0.25) is 4.79 Å². The molecule has 1 amide bonds. The third-order valence-corrected chi connectivity index (χ3v) is 7.14. The quantitative estimate of drug-likeness (QED) is 0.762. The number of carbonyl (C=O) groups is 1. The Morgan fingerprint density at radius 2 is 1.87 bits per heavy atom. The van der Waals surface area contributed by atoms with Gasteiger partial charge in [-0.05, 0) is 61.3 Å². The number of hydrogen-bond donors (Lipinski definition) is 1. The second-order valence-corrected chi connectivity index (χ2v) is 10.6. The first-order valence-corrected chi connectivity index (χ1v) is 12.7. The topological polar surface area (TPSA) is 66.5 Å². The first-order valence-electron chi connectivity index (χ1n) is 10.8. The van der Waals surface area contributed by atoms with Crippen molar-refractivity contribution in [3.8, 4) is 11.1 Å². The van der Waals surface area contributed by atoms with E-state index in [2.05, 4.69) is 4.72 Å². The largest absolute Gasteiger partial charge is 0.342 e. The number of likely N-dealkylation sites (tertiary alicyclic amines) is 1. The van der Waals surface area contributed by atoms with E-state index < -0.39 is 10.0 Å². The smallest absolute Gasteiger partial charge is 0.226 e. The number of nitrogens with one attached hydrogen (secondary N) is 1. The highest BCUT2D eigenvalue weighted by Crippen LogP contribution is 2.52. The molecule has 1 aliphatic carbocycles. The Hall–Kier alpha value is -2.25. The van der Waals surface area contributed by atoms with Crippen molar-refractivity contribution in [1.82, 2.24) is 9.62 Å². The predicted octanol–water partition coefficient (Wildman–Crippen LogP) is 3.83. The number of amides is 1. The molecule has 1 heterocycles. The van der Waals surface area contributed by atoms with E-state index in [1.54, 1.807) is 12.1 Å². The fraction of sp³-hybridized carbons (Fsp3) is 0.458. The van der Waals surface area contributed by atoms with E-state index in [9.17, 15) is 17.6 Å². The average Bonchev–Trinajstić information content (AvgIpc) is 3.51. The molecule has 2 fully saturated rings. The Bertz CT molecular complexity index is 1090. The molecule has 0 radical (unpaired) electrons. The zero-order valence-electron chi connectivity index (χ0n) is 18.0. The van der Waals surface area contributed by atoms with Crippen molar-refractivity contribution in [1.29, 1.82) is 0 Å². The van der Waals surface area contributed by atoms with Crippen LogP contribution in [-0.4, -0.2) is 44.6 Å². The van der Waals surface area contributed by atoms with Crippen molar-refractivity contribution in [2.75, 3.05) is 19.3 Å². The zero-order valence-corrected chi connectivity index (χ0v) is 18.8. The Morgan fingerprint density at radius 3 is 2.61 bits per heavy atom. The minimum absolute atomic E-state index is 0.0910. The van der Waals surface area contributed by atoms with Gasteiger partial charge < -0.3 is 4.90 Å². The predicted molar refractivity (Wildman–Crippen MR) is 120 cm³/mol. The van der Waals surface area contributed by atoms with Gasteiger partial charge in [0.05, 0.1) is 6.26 Å².